The highest BCUT2D eigenvalue weighted by Crippen LogP contribution is 2.22. The molecule has 1 fully saturated rings. The molecular formula is C19H22BrN3O. The molecule has 0 spiro atoms. The van der Waals surface area contributed by atoms with Crippen LogP contribution < -0.4 is 5.32 Å². The fraction of sp³-hybridized carbons (Fsp3) is 0.368. The van der Waals surface area contributed by atoms with Crippen molar-refractivity contribution in [2.24, 2.45) is 5.92 Å². The van der Waals surface area contributed by atoms with E-state index in [-0.39, 0.29) is 5.91 Å². The molecule has 1 N–H and O–H groups in total. The van der Waals surface area contributed by atoms with E-state index in [0.29, 0.717) is 12.5 Å². The molecule has 1 amide bonds. The van der Waals surface area contributed by atoms with Crippen LogP contribution in [0.4, 0.5) is 5.69 Å². The summed E-state index contributed by atoms with van der Waals surface area (Å²) < 4.78 is 0.904. The number of rotatable bonds is 5. The van der Waals surface area contributed by atoms with E-state index in [1.165, 1.54) is 5.56 Å². The van der Waals surface area contributed by atoms with E-state index in [2.05, 4.69) is 56.6 Å². The third-order valence-corrected chi connectivity index (χ3v) is 4.92. The van der Waals surface area contributed by atoms with Crippen molar-refractivity contribution in [3.05, 3.63) is 58.8 Å². The summed E-state index contributed by atoms with van der Waals surface area (Å²) in [4.78, 5) is 18.4. The van der Waals surface area contributed by atoms with Crippen molar-refractivity contribution in [2.75, 3.05) is 25.0 Å². The van der Waals surface area contributed by atoms with Gasteiger partial charge in [-0.05, 0) is 52.7 Å². The zero-order valence-corrected chi connectivity index (χ0v) is 15.2. The van der Waals surface area contributed by atoms with Crippen molar-refractivity contribution in [3.8, 4) is 0 Å². The fourth-order valence-corrected chi connectivity index (χ4v) is 3.50. The maximum Gasteiger partial charge on any atom is 0.241 e. The molecule has 0 saturated carbocycles. The van der Waals surface area contributed by atoms with E-state index in [0.717, 1.165) is 42.5 Å². The minimum atomic E-state index is 0.160. The first-order chi connectivity index (χ1) is 11.7. The van der Waals surface area contributed by atoms with Gasteiger partial charge in [0.2, 0.25) is 5.91 Å². The Morgan fingerprint density at radius 3 is 2.67 bits per heavy atom. The molecule has 2 heterocycles. The van der Waals surface area contributed by atoms with Gasteiger partial charge in [-0.2, -0.15) is 0 Å². The van der Waals surface area contributed by atoms with Gasteiger partial charge in [-0.1, -0.05) is 30.3 Å². The van der Waals surface area contributed by atoms with Gasteiger partial charge >= 0.3 is 0 Å². The lowest BCUT2D eigenvalue weighted by molar-refractivity contribution is -0.130. The van der Waals surface area contributed by atoms with E-state index in [1.807, 2.05) is 11.0 Å². The number of nitrogens with zero attached hydrogens (tertiary/aromatic N) is 2. The van der Waals surface area contributed by atoms with Crippen LogP contribution in [0.5, 0.6) is 0 Å². The average Bonchev–Trinajstić information content (AvgIpc) is 2.61. The van der Waals surface area contributed by atoms with E-state index < -0.39 is 0 Å². The number of anilines is 1. The first-order valence-corrected chi connectivity index (χ1v) is 9.16. The number of carbonyl (C=O) groups excluding carboxylic acids is 1. The maximum absolute atomic E-state index is 12.4. The minimum Gasteiger partial charge on any atom is -0.375 e. The van der Waals surface area contributed by atoms with Crippen molar-refractivity contribution < 1.29 is 4.79 Å². The number of aromatic nitrogens is 1. The Morgan fingerprint density at radius 1 is 1.21 bits per heavy atom. The van der Waals surface area contributed by atoms with Crippen LogP contribution in [0.25, 0.3) is 0 Å². The lowest BCUT2D eigenvalue weighted by atomic mass is 9.90. The normalized spacial score (nSPS) is 15.3. The summed E-state index contributed by atoms with van der Waals surface area (Å²) in [6.07, 6.45) is 6.73. The van der Waals surface area contributed by atoms with Gasteiger partial charge in [0.25, 0.3) is 0 Å². The topological polar surface area (TPSA) is 45.2 Å². The number of hydrogen-bond donors (Lipinski definition) is 1. The molecule has 24 heavy (non-hydrogen) atoms. The Labute approximate surface area is 151 Å². The Kier molecular flexibility index (Phi) is 5.86. The van der Waals surface area contributed by atoms with Gasteiger partial charge in [0.1, 0.15) is 0 Å². The van der Waals surface area contributed by atoms with Crippen molar-refractivity contribution in [3.63, 3.8) is 0 Å². The van der Waals surface area contributed by atoms with Crippen LogP contribution >= 0.6 is 15.9 Å². The molecule has 1 aliphatic heterocycles. The van der Waals surface area contributed by atoms with Gasteiger partial charge < -0.3 is 10.2 Å². The summed E-state index contributed by atoms with van der Waals surface area (Å²) in [5.41, 5.74) is 2.25. The third kappa shape index (κ3) is 4.81. The highest BCUT2D eigenvalue weighted by molar-refractivity contribution is 9.10. The zero-order chi connectivity index (χ0) is 16.8. The predicted octanol–water partition coefficient (Wildman–Crippen LogP) is 3.74. The minimum absolute atomic E-state index is 0.160. The highest BCUT2D eigenvalue weighted by atomic mass is 79.9. The van der Waals surface area contributed by atoms with Crippen LogP contribution in [-0.4, -0.2) is 35.4 Å². The van der Waals surface area contributed by atoms with Gasteiger partial charge in [0.05, 0.1) is 18.4 Å². The van der Waals surface area contributed by atoms with E-state index in [4.69, 9.17) is 0 Å². The van der Waals surface area contributed by atoms with Crippen LogP contribution in [0.3, 0.4) is 0 Å². The lowest BCUT2D eigenvalue weighted by Gasteiger charge is -2.32. The highest BCUT2D eigenvalue weighted by Gasteiger charge is 2.22. The van der Waals surface area contributed by atoms with Crippen LogP contribution in [0, 0.1) is 5.92 Å². The standard InChI is InChI=1S/C19H22BrN3O/c20-17-11-18(13-21-12-17)22-14-19(24)23-8-6-16(7-9-23)10-15-4-2-1-3-5-15/h1-5,11-13,16,22H,6-10,14H2. The summed E-state index contributed by atoms with van der Waals surface area (Å²) in [5, 5.41) is 3.15. The van der Waals surface area contributed by atoms with Crippen LogP contribution in [0.1, 0.15) is 18.4 Å². The summed E-state index contributed by atoms with van der Waals surface area (Å²) in [6.45, 7) is 2.03. The predicted molar refractivity (Wildman–Crippen MR) is 99.9 cm³/mol. The Balaban J connectivity index is 1.43. The number of nitrogens with one attached hydrogen (secondary N) is 1. The number of pyridine rings is 1. The number of benzene rings is 1. The number of piperidine rings is 1. The molecule has 0 aliphatic carbocycles. The number of amides is 1. The van der Waals surface area contributed by atoms with Crippen molar-refractivity contribution in [2.45, 2.75) is 19.3 Å². The summed E-state index contributed by atoms with van der Waals surface area (Å²) >= 11 is 3.38. The molecule has 5 heteroatoms. The van der Waals surface area contributed by atoms with Crippen molar-refractivity contribution in [1.29, 1.82) is 0 Å². The molecule has 1 aromatic heterocycles. The molecule has 0 radical (unpaired) electrons. The largest absolute Gasteiger partial charge is 0.375 e. The van der Waals surface area contributed by atoms with E-state index in [9.17, 15) is 4.79 Å². The van der Waals surface area contributed by atoms with Gasteiger partial charge in [-0.3, -0.25) is 9.78 Å². The van der Waals surface area contributed by atoms with Crippen molar-refractivity contribution in [1.82, 2.24) is 9.88 Å². The average molecular weight is 388 g/mol. The SMILES string of the molecule is O=C(CNc1cncc(Br)c1)N1CCC(Cc2ccccc2)CC1. The molecule has 1 saturated heterocycles. The fourth-order valence-electron chi connectivity index (χ4n) is 3.13. The number of likely N-dealkylation sites (tertiary alicyclic amines) is 1. The first kappa shape index (κ1) is 17.0. The molecular weight excluding hydrogens is 366 g/mol. The van der Waals surface area contributed by atoms with Crippen LogP contribution in [-0.2, 0) is 11.2 Å². The number of halogens is 1. The zero-order valence-electron chi connectivity index (χ0n) is 13.6. The summed E-state index contributed by atoms with van der Waals surface area (Å²) in [7, 11) is 0. The van der Waals surface area contributed by atoms with Crippen LogP contribution in [0.2, 0.25) is 0 Å². The summed E-state index contributed by atoms with van der Waals surface area (Å²) in [6, 6.07) is 12.5. The maximum atomic E-state index is 12.4. The second-order valence-electron chi connectivity index (χ2n) is 6.26. The molecule has 4 nitrogen and oxygen atoms in total. The number of hydrogen-bond acceptors (Lipinski definition) is 3. The van der Waals surface area contributed by atoms with Gasteiger partial charge in [0, 0.05) is 23.8 Å². The smallest absolute Gasteiger partial charge is 0.241 e. The first-order valence-electron chi connectivity index (χ1n) is 8.37. The monoisotopic (exact) mass is 387 g/mol. The van der Waals surface area contributed by atoms with Crippen LogP contribution in [0.15, 0.2) is 53.3 Å². The quantitative estimate of drug-likeness (QED) is 0.849. The molecule has 2 aromatic rings. The third-order valence-electron chi connectivity index (χ3n) is 4.48. The Hall–Kier alpha value is -1.88. The van der Waals surface area contributed by atoms with Gasteiger partial charge in [0.15, 0.2) is 0 Å². The molecule has 1 aliphatic rings. The molecule has 0 atom stereocenters. The lowest BCUT2D eigenvalue weighted by Crippen LogP contribution is -2.41. The molecule has 3 rings (SSSR count). The number of carbonyl (C=O) groups is 1. The van der Waals surface area contributed by atoms with Gasteiger partial charge in [-0.15, -0.1) is 0 Å². The van der Waals surface area contributed by atoms with Crippen molar-refractivity contribution >= 4 is 27.5 Å². The second-order valence-corrected chi connectivity index (χ2v) is 7.17. The summed E-state index contributed by atoms with van der Waals surface area (Å²) in [5.74, 6) is 0.840. The van der Waals surface area contributed by atoms with E-state index in [1.54, 1.807) is 12.4 Å². The Bertz CT molecular complexity index is 669. The Morgan fingerprint density at radius 2 is 1.96 bits per heavy atom. The second kappa shape index (κ2) is 8.29. The van der Waals surface area contributed by atoms with E-state index >= 15 is 0 Å². The molecule has 126 valence electrons. The molecule has 0 unspecified atom stereocenters. The molecule has 0 bridgehead atoms. The molecule has 1 aromatic carbocycles. The van der Waals surface area contributed by atoms with Gasteiger partial charge in [-0.25, -0.2) is 0 Å².